The number of aromatic nitrogens is 2. The molecule has 0 radical (unpaired) electrons. The van der Waals surface area contributed by atoms with E-state index < -0.39 is 6.10 Å². The van der Waals surface area contributed by atoms with E-state index >= 15 is 0 Å². The van der Waals surface area contributed by atoms with Crippen molar-refractivity contribution >= 4 is 15.9 Å². The Morgan fingerprint density at radius 3 is 2.62 bits per heavy atom. The number of hydrogen-bond acceptors (Lipinski definition) is 3. The zero-order chi connectivity index (χ0) is 12.3. The second-order valence-corrected chi connectivity index (χ2v) is 4.90. The van der Waals surface area contributed by atoms with Crippen LogP contribution in [0.3, 0.4) is 0 Å². The molecule has 0 aliphatic heterocycles. The Balaban J connectivity index is 3.05. The van der Waals surface area contributed by atoms with E-state index in [0.29, 0.717) is 0 Å². The van der Waals surface area contributed by atoms with Crippen LogP contribution in [-0.4, -0.2) is 28.1 Å². The smallest absolute Gasteiger partial charge is 0.123 e. The molecule has 1 N–H and O–H groups in total. The average Bonchev–Trinajstić information content (AvgIpc) is 2.61. The fraction of sp³-hybridized carbons (Fsp3) is 0.727. The van der Waals surface area contributed by atoms with E-state index in [9.17, 15) is 5.11 Å². The topological polar surface area (TPSA) is 47.3 Å². The number of rotatable bonds is 5. The van der Waals surface area contributed by atoms with Gasteiger partial charge in [0, 0.05) is 13.2 Å². The number of ether oxygens (including phenoxy) is 1. The van der Waals surface area contributed by atoms with E-state index in [1.54, 1.807) is 13.3 Å². The number of halogens is 1. The minimum absolute atomic E-state index is 0.203. The molecule has 2 atom stereocenters. The molecular formula is C11H19BrN2O2. The molecule has 4 nitrogen and oxygen atoms in total. The SMILES string of the molecule is CCC(OC)C(O)c1c(Br)cnn1C(C)C. The summed E-state index contributed by atoms with van der Waals surface area (Å²) in [5.41, 5.74) is 0.781. The van der Waals surface area contributed by atoms with Gasteiger partial charge >= 0.3 is 0 Å². The van der Waals surface area contributed by atoms with Crippen molar-refractivity contribution in [1.29, 1.82) is 0 Å². The molecule has 0 saturated heterocycles. The summed E-state index contributed by atoms with van der Waals surface area (Å²) in [6.07, 6.45) is 1.61. The number of aliphatic hydroxyl groups excluding tert-OH is 1. The van der Waals surface area contributed by atoms with Gasteiger partial charge in [-0.05, 0) is 36.2 Å². The average molecular weight is 291 g/mol. The van der Waals surface area contributed by atoms with Crippen molar-refractivity contribution < 1.29 is 9.84 Å². The number of aliphatic hydroxyl groups is 1. The van der Waals surface area contributed by atoms with Crippen LogP contribution in [-0.2, 0) is 4.74 Å². The van der Waals surface area contributed by atoms with Crippen molar-refractivity contribution in [2.75, 3.05) is 7.11 Å². The van der Waals surface area contributed by atoms with Gasteiger partial charge in [-0.1, -0.05) is 6.92 Å². The van der Waals surface area contributed by atoms with Gasteiger partial charge in [-0.3, -0.25) is 4.68 Å². The molecule has 1 heterocycles. The van der Waals surface area contributed by atoms with Gasteiger partial charge in [-0.25, -0.2) is 0 Å². The van der Waals surface area contributed by atoms with Crippen LogP contribution in [0.25, 0.3) is 0 Å². The Morgan fingerprint density at radius 1 is 1.56 bits per heavy atom. The zero-order valence-corrected chi connectivity index (χ0v) is 11.7. The second kappa shape index (κ2) is 5.80. The van der Waals surface area contributed by atoms with E-state index in [1.165, 1.54) is 0 Å². The summed E-state index contributed by atoms with van der Waals surface area (Å²) in [6.45, 7) is 6.05. The molecule has 1 rings (SSSR count). The molecule has 92 valence electrons. The predicted molar refractivity (Wildman–Crippen MR) is 66.4 cm³/mol. The molecule has 0 amide bonds. The summed E-state index contributed by atoms with van der Waals surface area (Å²) in [4.78, 5) is 0. The molecule has 0 bridgehead atoms. The highest BCUT2D eigenvalue weighted by Gasteiger charge is 2.26. The molecular weight excluding hydrogens is 272 g/mol. The number of methoxy groups -OCH3 is 1. The van der Waals surface area contributed by atoms with Crippen molar-refractivity contribution in [1.82, 2.24) is 9.78 Å². The molecule has 0 aliphatic rings. The largest absolute Gasteiger partial charge is 0.384 e. The Hall–Kier alpha value is -0.390. The standard InChI is InChI=1S/C11H19BrN2O2/c1-5-9(16-4)11(15)10-8(12)6-13-14(10)7(2)3/h6-7,9,11,15H,5H2,1-4H3. The first kappa shape index (κ1) is 13.7. The van der Waals surface area contributed by atoms with Crippen LogP contribution in [0.4, 0.5) is 0 Å². The lowest BCUT2D eigenvalue weighted by Gasteiger charge is -2.22. The molecule has 0 spiro atoms. The summed E-state index contributed by atoms with van der Waals surface area (Å²) >= 11 is 3.41. The van der Waals surface area contributed by atoms with Gasteiger partial charge in [0.25, 0.3) is 0 Å². The quantitative estimate of drug-likeness (QED) is 0.907. The highest BCUT2D eigenvalue weighted by Crippen LogP contribution is 2.29. The summed E-state index contributed by atoms with van der Waals surface area (Å²) < 4.78 is 7.90. The molecule has 0 aliphatic carbocycles. The maximum absolute atomic E-state index is 10.3. The fourth-order valence-corrected chi connectivity index (χ4v) is 2.24. The first-order valence-corrected chi connectivity index (χ1v) is 6.25. The van der Waals surface area contributed by atoms with Crippen molar-refractivity contribution in [2.45, 2.75) is 45.4 Å². The van der Waals surface area contributed by atoms with Crippen LogP contribution >= 0.6 is 15.9 Å². The lowest BCUT2D eigenvalue weighted by atomic mass is 10.1. The van der Waals surface area contributed by atoms with Gasteiger partial charge in [0.05, 0.1) is 22.5 Å². The van der Waals surface area contributed by atoms with E-state index in [4.69, 9.17) is 4.74 Å². The highest BCUT2D eigenvalue weighted by atomic mass is 79.9. The van der Waals surface area contributed by atoms with Gasteiger partial charge in [0.1, 0.15) is 6.10 Å². The summed E-state index contributed by atoms with van der Waals surface area (Å²) in [6, 6.07) is 0.213. The summed E-state index contributed by atoms with van der Waals surface area (Å²) in [7, 11) is 1.61. The van der Waals surface area contributed by atoms with E-state index in [0.717, 1.165) is 16.6 Å². The van der Waals surface area contributed by atoms with E-state index in [1.807, 2.05) is 25.5 Å². The third kappa shape index (κ3) is 2.64. The molecule has 0 fully saturated rings. The summed E-state index contributed by atoms with van der Waals surface area (Å²) in [5, 5.41) is 14.5. The minimum atomic E-state index is -0.658. The van der Waals surface area contributed by atoms with E-state index in [-0.39, 0.29) is 12.1 Å². The molecule has 1 aromatic heterocycles. The van der Waals surface area contributed by atoms with Gasteiger partial charge in [-0.2, -0.15) is 5.10 Å². The molecule has 1 aromatic rings. The lowest BCUT2D eigenvalue weighted by molar-refractivity contribution is -0.0198. The van der Waals surface area contributed by atoms with Crippen molar-refractivity contribution in [3.63, 3.8) is 0 Å². The van der Waals surface area contributed by atoms with Crippen LogP contribution in [0.5, 0.6) is 0 Å². The van der Waals surface area contributed by atoms with Gasteiger partial charge in [0.15, 0.2) is 0 Å². The van der Waals surface area contributed by atoms with Crippen molar-refractivity contribution in [3.05, 3.63) is 16.4 Å². The Bertz CT molecular complexity index is 335. The van der Waals surface area contributed by atoms with Crippen molar-refractivity contribution in [2.24, 2.45) is 0 Å². The highest BCUT2D eigenvalue weighted by molar-refractivity contribution is 9.10. The summed E-state index contributed by atoms with van der Waals surface area (Å²) in [5.74, 6) is 0. The first-order chi connectivity index (χ1) is 7.52. The van der Waals surface area contributed by atoms with Crippen LogP contribution in [0.2, 0.25) is 0 Å². The molecule has 0 aromatic carbocycles. The van der Waals surface area contributed by atoms with Gasteiger partial charge in [0.2, 0.25) is 0 Å². The van der Waals surface area contributed by atoms with Crippen LogP contribution in [0.15, 0.2) is 10.7 Å². The van der Waals surface area contributed by atoms with Gasteiger partial charge in [-0.15, -0.1) is 0 Å². The molecule has 0 saturated carbocycles. The Morgan fingerprint density at radius 2 is 2.19 bits per heavy atom. The Kier molecular flexibility index (Phi) is 4.95. The predicted octanol–water partition coefficient (Wildman–Crippen LogP) is 2.68. The molecule has 2 unspecified atom stereocenters. The monoisotopic (exact) mass is 290 g/mol. The third-order valence-electron chi connectivity index (χ3n) is 2.61. The maximum Gasteiger partial charge on any atom is 0.123 e. The van der Waals surface area contributed by atoms with Crippen LogP contribution < -0.4 is 0 Å². The Labute approximate surface area is 105 Å². The van der Waals surface area contributed by atoms with E-state index in [2.05, 4.69) is 21.0 Å². The minimum Gasteiger partial charge on any atom is -0.384 e. The zero-order valence-electron chi connectivity index (χ0n) is 10.1. The second-order valence-electron chi connectivity index (χ2n) is 4.04. The number of hydrogen-bond donors (Lipinski definition) is 1. The molecule has 16 heavy (non-hydrogen) atoms. The lowest BCUT2D eigenvalue weighted by Crippen LogP contribution is -2.23. The van der Waals surface area contributed by atoms with Crippen LogP contribution in [0.1, 0.15) is 45.0 Å². The molecule has 5 heteroatoms. The maximum atomic E-state index is 10.3. The number of nitrogens with zero attached hydrogens (tertiary/aromatic N) is 2. The first-order valence-electron chi connectivity index (χ1n) is 5.46. The van der Waals surface area contributed by atoms with Crippen molar-refractivity contribution in [3.8, 4) is 0 Å². The van der Waals surface area contributed by atoms with Crippen LogP contribution in [0, 0.1) is 0 Å². The third-order valence-corrected chi connectivity index (χ3v) is 3.22. The van der Waals surface area contributed by atoms with Gasteiger partial charge < -0.3 is 9.84 Å². The fourth-order valence-electron chi connectivity index (χ4n) is 1.73. The normalized spacial score (nSPS) is 15.4.